The standard InChI is InChI=1S/C3H2N2O2S/c6-3(7)8-2-1-4-5-8/h1-2H. The lowest BCUT2D eigenvalue weighted by Crippen LogP contribution is -2.16. The van der Waals surface area contributed by atoms with Crippen molar-refractivity contribution in [2.75, 3.05) is 0 Å². The highest BCUT2D eigenvalue weighted by Gasteiger charge is 2.05. The molecule has 1 rings (SSSR count). The Morgan fingerprint density at radius 2 is 2.50 bits per heavy atom. The zero-order valence-electron chi connectivity index (χ0n) is 3.77. The van der Waals surface area contributed by atoms with Crippen molar-refractivity contribution in [3.05, 3.63) is 11.6 Å². The van der Waals surface area contributed by atoms with Crippen molar-refractivity contribution in [1.82, 2.24) is 9.59 Å². The molecule has 1 atom stereocenters. The minimum Gasteiger partial charge on any atom is -0.498 e. The molecule has 0 amide bonds. The van der Waals surface area contributed by atoms with Crippen molar-refractivity contribution in [2.45, 2.75) is 0 Å². The van der Waals surface area contributed by atoms with E-state index < -0.39 is 16.0 Å². The zero-order chi connectivity index (χ0) is 5.98. The van der Waals surface area contributed by atoms with Crippen molar-refractivity contribution in [3.8, 4) is 0 Å². The van der Waals surface area contributed by atoms with Crippen LogP contribution in [0.2, 0.25) is 0 Å². The summed E-state index contributed by atoms with van der Waals surface area (Å²) in [5.74, 6) is 0. The normalized spacial score (nSPS) is 11.2. The van der Waals surface area contributed by atoms with Gasteiger partial charge in [0.1, 0.15) is 6.20 Å². The molecule has 0 aliphatic carbocycles. The van der Waals surface area contributed by atoms with Crippen LogP contribution in [0.1, 0.15) is 0 Å². The van der Waals surface area contributed by atoms with Crippen LogP contribution in [-0.2, 0) is 0 Å². The number of hydrogen-bond donors (Lipinski definition) is 0. The average Bonchev–Trinajstić information content (AvgIpc) is 2.12. The monoisotopic (exact) mass is 130 g/mol. The summed E-state index contributed by atoms with van der Waals surface area (Å²) >= 11 is 0. The molecule has 0 N–H and O–H groups in total. The van der Waals surface area contributed by atoms with Crippen LogP contribution in [0.5, 0.6) is 0 Å². The lowest BCUT2D eigenvalue weighted by Gasteiger charge is -1.76. The third-order valence-corrected chi connectivity index (χ3v) is 1.55. The highest BCUT2D eigenvalue weighted by Crippen LogP contribution is 2.05. The van der Waals surface area contributed by atoms with E-state index in [1.54, 1.807) is 0 Å². The topological polar surface area (TPSA) is 65.9 Å². The van der Waals surface area contributed by atoms with Crippen LogP contribution in [0.4, 0.5) is 4.79 Å². The molecule has 0 aromatic carbocycles. The number of carbonyl (C=O) groups is 1. The highest BCUT2D eigenvalue weighted by atomic mass is 32.2. The van der Waals surface area contributed by atoms with Gasteiger partial charge in [-0.1, -0.05) is 0 Å². The SMILES string of the molecule is O=C([O-])[s+]1ccnn1. The summed E-state index contributed by atoms with van der Waals surface area (Å²) in [4.78, 5) is 9.90. The Kier molecular flexibility index (Phi) is 1.21. The van der Waals surface area contributed by atoms with Crippen molar-refractivity contribution >= 4 is 16.0 Å². The molecule has 0 spiro atoms. The van der Waals surface area contributed by atoms with E-state index in [1.165, 1.54) is 11.6 Å². The molecule has 1 heterocycles. The molecule has 0 fully saturated rings. The van der Waals surface area contributed by atoms with E-state index in [9.17, 15) is 9.90 Å². The molecule has 8 heavy (non-hydrogen) atoms. The van der Waals surface area contributed by atoms with Gasteiger partial charge in [0.15, 0.2) is 16.0 Å². The Balaban J connectivity index is 2.93. The fraction of sp³-hybridized carbons (Fsp3) is 0. The number of carboxylic acid groups (broad SMARTS) is 1. The van der Waals surface area contributed by atoms with E-state index in [0.717, 1.165) is 0 Å². The van der Waals surface area contributed by atoms with Gasteiger partial charge in [-0.3, -0.25) is 0 Å². The first-order valence-corrected chi connectivity index (χ1v) is 3.07. The maximum absolute atomic E-state index is 9.90. The van der Waals surface area contributed by atoms with Gasteiger partial charge in [-0.25, -0.2) is 0 Å². The van der Waals surface area contributed by atoms with Gasteiger partial charge >= 0.3 is 5.30 Å². The molecule has 1 unspecified atom stereocenters. The summed E-state index contributed by atoms with van der Waals surface area (Å²) in [6.45, 7) is 0. The molecule has 0 aliphatic rings. The largest absolute Gasteiger partial charge is 0.498 e. The molecule has 5 heteroatoms. The predicted molar refractivity (Wildman–Crippen MR) is 25.3 cm³/mol. The van der Waals surface area contributed by atoms with Gasteiger partial charge in [0.25, 0.3) is 0 Å². The lowest BCUT2D eigenvalue weighted by atomic mass is 11.1. The highest BCUT2D eigenvalue weighted by molar-refractivity contribution is 7.44. The molecule has 42 valence electrons. The van der Waals surface area contributed by atoms with Crippen LogP contribution in [-0.4, -0.2) is 14.9 Å². The zero-order valence-corrected chi connectivity index (χ0v) is 4.59. The van der Waals surface area contributed by atoms with Crippen molar-refractivity contribution in [1.29, 1.82) is 0 Å². The van der Waals surface area contributed by atoms with E-state index in [-0.39, 0.29) is 0 Å². The van der Waals surface area contributed by atoms with Crippen LogP contribution < -0.4 is 5.11 Å². The van der Waals surface area contributed by atoms with Crippen LogP contribution in [0.15, 0.2) is 11.6 Å². The summed E-state index contributed by atoms with van der Waals surface area (Å²) in [6.07, 6.45) is 1.35. The van der Waals surface area contributed by atoms with Crippen molar-refractivity contribution in [3.63, 3.8) is 0 Å². The molecular weight excluding hydrogens is 128 g/mol. The van der Waals surface area contributed by atoms with E-state index in [2.05, 4.69) is 9.59 Å². The Morgan fingerprint density at radius 3 is 2.75 bits per heavy atom. The Bertz CT molecular complexity index is 183. The summed E-state index contributed by atoms with van der Waals surface area (Å²) in [6, 6.07) is 0. The van der Waals surface area contributed by atoms with Gasteiger partial charge < -0.3 is 9.90 Å². The molecule has 0 saturated carbocycles. The first-order valence-electron chi connectivity index (χ1n) is 1.82. The second-order valence-corrected chi connectivity index (χ2v) is 2.44. The molecular formula is C3H2N2O2S. The molecule has 0 aliphatic heterocycles. The average molecular weight is 130 g/mol. The second kappa shape index (κ2) is 1.87. The van der Waals surface area contributed by atoms with Crippen LogP contribution >= 0.6 is 10.7 Å². The Labute approximate surface area is 47.9 Å². The van der Waals surface area contributed by atoms with Gasteiger partial charge in [0.2, 0.25) is 0 Å². The van der Waals surface area contributed by atoms with Crippen molar-refractivity contribution < 1.29 is 9.90 Å². The van der Waals surface area contributed by atoms with Crippen LogP contribution in [0.25, 0.3) is 0 Å². The van der Waals surface area contributed by atoms with Crippen LogP contribution in [0.3, 0.4) is 0 Å². The van der Waals surface area contributed by atoms with E-state index >= 15 is 0 Å². The first kappa shape index (κ1) is 5.17. The van der Waals surface area contributed by atoms with Gasteiger partial charge in [-0.15, -0.1) is 5.10 Å². The summed E-state index contributed by atoms with van der Waals surface area (Å²) < 4.78 is 3.31. The fourth-order valence-electron chi connectivity index (χ4n) is 0.279. The van der Waals surface area contributed by atoms with Gasteiger partial charge in [-0.2, -0.15) is 0 Å². The van der Waals surface area contributed by atoms with E-state index in [4.69, 9.17) is 0 Å². The molecule has 1 aromatic heterocycles. The van der Waals surface area contributed by atoms with Crippen molar-refractivity contribution in [2.24, 2.45) is 0 Å². The third-order valence-electron chi connectivity index (χ3n) is 0.562. The van der Waals surface area contributed by atoms with Gasteiger partial charge in [-0.05, 0) is 0 Å². The smallest absolute Gasteiger partial charge is 0.327 e. The van der Waals surface area contributed by atoms with Crippen LogP contribution in [0, 0.1) is 0 Å². The fourth-order valence-corrected chi connectivity index (χ4v) is 0.837. The number of aromatic nitrogens is 2. The van der Waals surface area contributed by atoms with E-state index in [1.807, 2.05) is 0 Å². The minimum absolute atomic E-state index is 1.10. The quantitative estimate of drug-likeness (QED) is 0.477. The van der Waals surface area contributed by atoms with Gasteiger partial charge in [0.05, 0.1) is 4.49 Å². The summed E-state index contributed by atoms with van der Waals surface area (Å²) in [5.41, 5.74) is 0. The lowest BCUT2D eigenvalue weighted by molar-refractivity contribution is -0.233. The summed E-state index contributed by atoms with van der Waals surface area (Å²) in [7, 11) is -1.10. The third kappa shape index (κ3) is 0.812. The maximum atomic E-state index is 9.90. The molecule has 4 nitrogen and oxygen atoms in total. The number of nitrogens with zero attached hydrogens (tertiary/aromatic N) is 2. The van der Waals surface area contributed by atoms with E-state index in [0.29, 0.717) is 0 Å². The molecule has 0 saturated heterocycles. The molecule has 0 radical (unpaired) electrons. The molecule has 0 bridgehead atoms. The number of rotatable bonds is 1. The summed E-state index contributed by atoms with van der Waals surface area (Å²) in [5, 5.41) is 13.4. The maximum Gasteiger partial charge on any atom is 0.327 e. The minimum atomic E-state index is -1.18. The Hall–Kier alpha value is -0.970. The first-order chi connectivity index (χ1) is 3.80. The molecule has 1 aromatic rings. The van der Waals surface area contributed by atoms with Gasteiger partial charge in [0, 0.05) is 0 Å². The second-order valence-electron chi connectivity index (χ2n) is 1.05. The number of carbonyl (C=O) groups excluding carboxylic acids is 1. The Morgan fingerprint density at radius 1 is 1.75 bits per heavy atom. The predicted octanol–water partition coefficient (Wildman–Crippen LogP) is -0.583. The number of hydrogen-bond acceptors (Lipinski definition) is 4.